The zero-order valence-electron chi connectivity index (χ0n) is 12.5. The van der Waals surface area contributed by atoms with E-state index in [0.29, 0.717) is 0 Å². The third kappa shape index (κ3) is 5.76. The summed E-state index contributed by atoms with van der Waals surface area (Å²) in [5.41, 5.74) is 1.27. The van der Waals surface area contributed by atoms with Gasteiger partial charge in [0, 0.05) is 51.8 Å². The third-order valence-electron chi connectivity index (χ3n) is 3.29. The standard InChI is InChI=1S/C12H14N2O.C3H5I2N.Pt/c1-13-7-8-14(10-13)9-11-3-5-12(15-2)6-4-11;4-6(5)3-1-2-3;/h3-8H,9H2,1-2H3;3H,1-2H2;. The van der Waals surface area contributed by atoms with Crippen molar-refractivity contribution < 1.29 is 24.1 Å². The second kappa shape index (κ2) is 8.99. The summed E-state index contributed by atoms with van der Waals surface area (Å²) in [4.78, 5) is 0. The summed E-state index contributed by atoms with van der Waals surface area (Å²) >= 11 is 6.96. The van der Waals surface area contributed by atoms with Crippen molar-refractivity contribution in [2.45, 2.75) is 25.4 Å². The molecule has 0 unspecified atom stereocenters. The number of ether oxygens (including phenoxy) is 1. The van der Waals surface area contributed by atoms with Gasteiger partial charge in [0.1, 0.15) is 0 Å². The molecular weight excluding hydrogens is 687 g/mol. The molecule has 0 spiro atoms. The van der Waals surface area contributed by atoms with E-state index in [1.807, 2.05) is 19.2 Å². The Morgan fingerprint density at radius 2 is 1.86 bits per heavy atom. The summed E-state index contributed by atoms with van der Waals surface area (Å²) in [6.07, 6.45) is 6.97. The first-order valence-corrected chi connectivity index (χ1v) is 9.98. The third-order valence-corrected chi connectivity index (χ3v) is 6.32. The molecule has 124 valence electrons. The van der Waals surface area contributed by atoms with Crippen LogP contribution in [0.25, 0.3) is 0 Å². The Morgan fingerprint density at radius 1 is 1.23 bits per heavy atom. The van der Waals surface area contributed by atoms with Crippen molar-refractivity contribution in [1.29, 1.82) is 0 Å². The van der Waals surface area contributed by atoms with Crippen LogP contribution in [0.15, 0.2) is 36.7 Å². The Hall–Kier alpha value is 0.338. The molecule has 7 heteroatoms. The zero-order chi connectivity index (χ0) is 16.1. The quantitative estimate of drug-likeness (QED) is 0.353. The molecule has 0 aliphatic heterocycles. The molecule has 0 saturated heterocycles. The molecule has 4 nitrogen and oxygen atoms in total. The molecule has 2 aromatic rings. The number of aryl methyl sites for hydroxylation is 1. The van der Waals surface area contributed by atoms with E-state index in [-0.39, 0.29) is 0 Å². The molecule has 1 saturated carbocycles. The summed E-state index contributed by atoms with van der Waals surface area (Å²) in [5, 5.41) is 0. The van der Waals surface area contributed by atoms with Crippen LogP contribution >= 0.6 is 45.7 Å². The van der Waals surface area contributed by atoms with Gasteiger partial charge in [0.05, 0.1) is 0 Å². The molecular formula is C15H19I2N3OPt. The predicted molar refractivity (Wildman–Crippen MR) is 102 cm³/mol. The average Bonchev–Trinajstić information content (AvgIpc) is 3.32. The normalized spacial score (nSPS) is 13.8. The van der Waals surface area contributed by atoms with Crippen LogP contribution in [0.5, 0.6) is 5.75 Å². The topological polar surface area (TPSA) is 22.3 Å². The number of aromatic nitrogens is 2. The summed E-state index contributed by atoms with van der Waals surface area (Å²) in [6.45, 7) is 0.893. The van der Waals surface area contributed by atoms with Gasteiger partial charge in [0.25, 0.3) is 0 Å². The summed E-state index contributed by atoms with van der Waals surface area (Å²) in [7, 11) is 3.73. The molecule has 0 atom stereocenters. The largest absolute Gasteiger partial charge is 0.185 e. The second-order valence-corrected chi connectivity index (χ2v) is 10.1. The first-order chi connectivity index (χ1) is 10.5. The smallest absolute Gasteiger partial charge is 0.0311 e. The minimum atomic E-state index is 0.893. The van der Waals surface area contributed by atoms with Gasteiger partial charge in [-0.15, -0.1) is 0 Å². The first-order valence-electron chi connectivity index (χ1n) is 6.92. The number of methoxy groups -OCH3 is 1. The van der Waals surface area contributed by atoms with Gasteiger partial charge in [-0.05, 0) is 12.8 Å². The Balaban J connectivity index is 0.000000246. The van der Waals surface area contributed by atoms with Crippen LogP contribution in [-0.2, 0) is 32.9 Å². The zero-order valence-corrected chi connectivity index (χ0v) is 19.1. The molecule has 1 aliphatic carbocycles. The van der Waals surface area contributed by atoms with Gasteiger partial charge in [-0.3, -0.25) is 0 Å². The van der Waals surface area contributed by atoms with Gasteiger partial charge in [-0.2, -0.15) is 1.33 Å². The van der Waals surface area contributed by atoms with Crippen molar-refractivity contribution in [2.24, 2.45) is 7.05 Å². The van der Waals surface area contributed by atoms with E-state index >= 15 is 0 Å². The summed E-state index contributed by atoms with van der Waals surface area (Å²) < 4.78 is 12.9. The first kappa shape index (κ1) is 18.7. The molecule has 1 aliphatic rings. The van der Waals surface area contributed by atoms with Crippen molar-refractivity contribution in [1.82, 2.24) is 10.5 Å². The van der Waals surface area contributed by atoms with Gasteiger partial charge in [-0.1, -0.05) is 0 Å². The van der Waals surface area contributed by atoms with Crippen molar-refractivity contribution in [3.8, 4) is 5.75 Å². The molecule has 1 aromatic heterocycles. The van der Waals surface area contributed by atoms with Crippen LogP contribution in [-0.4, -0.2) is 23.6 Å². The molecule has 0 bridgehead atoms. The van der Waals surface area contributed by atoms with Crippen LogP contribution in [0.2, 0.25) is 0 Å². The Morgan fingerprint density at radius 3 is 2.23 bits per heavy atom. The van der Waals surface area contributed by atoms with Crippen LogP contribution in [0.3, 0.4) is 0 Å². The maximum absolute atomic E-state index is 5.13. The average molecular weight is 706 g/mol. The maximum atomic E-state index is 5.13. The van der Waals surface area contributed by atoms with Crippen LogP contribution < -0.4 is 4.74 Å². The number of hydrogen-bond donors (Lipinski definition) is 0. The fourth-order valence-corrected chi connectivity index (χ4v) is 3.44. The fraction of sp³-hybridized carbons (Fsp3) is 0.400. The molecule has 0 N–H and O–H groups in total. The summed E-state index contributed by atoms with van der Waals surface area (Å²) in [6, 6.07) is 9.08. The van der Waals surface area contributed by atoms with Crippen LogP contribution in [0.4, 0.5) is 0 Å². The Bertz CT molecular complexity index is 648. The monoisotopic (exact) mass is 706 g/mol. The molecule has 3 rings (SSSR count). The number of hydrogen-bond acceptors (Lipinski definition) is 2. The van der Waals surface area contributed by atoms with Crippen LogP contribution in [0.1, 0.15) is 18.4 Å². The van der Waals surface area contributed by atoms with Crippen molar-refractivity contribution in [3.05, 3.63) is 46.0 Å². The number of benzene rings is 1. The van der Waals surface area contributed by atoms with E-state index in [2.05, 4.69) is 100 Å². The Kier molecular flexibility index (Phi) is 7.63. The van der Waals surface area contributed by atoms with E-state index in [1.165, 1.54) is 22.2 Å². The maximum Gasteiger partial charge on any atom is 0.0311 e. The number of halogens is 2. The van der Waals surface area contributed by atoms with Crippen molar-refractivity contribution >= 4 is 45.7 Å². The molecule has 0 amide bonds. The van der Waals surface area contributed by atoms with Gasteiger partial charge >= 0.3 is 106 Å². The molecule has 22 heavy (non-hydrogen) atoms. The molecule has 1 heterocycles. The molecule has 1 fully saturated rings. The van der Waals surface area contributed by atoms with E-state index in [4.69, 9.17) is 4.74 Å². The van der Waals surface area contributed by atoms with E-state index in [1.54, 1.807) is 7.11 Å². The SMILES string of the molecule is COc1ccc(Cn2ccn(C)[c]2=[Pt])cc1.IN(I)C1CC1. The van der Waals surface area contributed by atoms with Gasteiger partial charge in [-0.25, -0.2) is 0 Å². The number of nitrogens with zero attached hydrogens (tertiary/aromatic N) is 3. The van der Waals surface area contributed by atoms with Gasteiger partial charge in [0.15, 0.2) is 0 Å². The van der Waals surface area contributed by atoms with Crippen molar-refractivity contribution in [2.75, 3.05) is 7.11 Å². The number of imidazole rings is 1. The molecule has 1 aromatic carbocycles. The fourth-order valence-electron chi connectivity index (χ4n) is 1.81. The van der Waals surface area contributed by atoms with E-state index in [9.17, 15) is 0 Å². The van der Waals surface area contributed by atoms with Crippen LogP contribution in [0, 0.1) is 3.80 Å². The minimum Gasteiger partial charge on any atom is -0.185 e. The van der Waals surface area contributed by atoms with Gasteiger partial charge < -0.3 is 0 Å². The number of rotatable bonds is 4. The molecule has 0 radical (unpaired) electrons. The van der Waals surface area contributed by atoms with Gasteiger partial charge in [0.2, 0.25) is 0 Å². The second-order valence-electron chi connectivity index (χ2n) is 5.12. The Labute approximate surface area is 170 Å². The predicted octanol–water partition coefficient (Wildman–Crippen LogP) is 4.11. The van der Waals surface area contributed by atoms with E-state index in [0.717, 1.165) is 18.3 Å². The van der Waals surface area contributed by atoms with E-state index < -0.39 is 0 Å². The van der Waals surface area contributed by atoms with Crippen molar-refractivity contribution in [3.63, 3.8) is 0 Å². The summed E-state index contributed by atoms with van der Waals surface area (Å²) in [5.74, 6) is 0.900. The minimum absolute atomic E-state index is 0.893.